The van der Waals surface area contributed by atoms with Gasteiger partial charge in [-0.05, 0) is 46.6 Å². The van der Waals surface area contributed by atoms with Gasteiger partial charge in [-0.3, -0.25) is 9.89 Å². The van der Waals surface area contributed by atoms with Crippen molar-refractivity contribution in [3.05, 3.63) is 40.1 Å². The molecule has 3 rings (SSSR count). The first-order valence-corrected chi connectivity index (χ1v) is 7.85. The zero-order valence-electron chi connectivity index (χ0n) is 13.7. The molecule has 1 aliphatic heterocycles. The fourth-order valence-corrected chi connectivity index (χ4v) is 3.32. The van der Waals surface area contributed by atoms with Gasteiger partial charge in [0.2, 0.25) is 0 Å². The average molecular weight is 301 g/mol. The molecule has 0 aliphatic carbocycles. The van der Waals surface area contributed by atoms with E-state index < -0.39 is 0 Å². The summed E-state index contributed by atoms with van der Waals surface area (Å²) in [7, 11) is 0. The van der Waals surface area contributed by atoms with Crippen LogP contribution in [0.3, 0.4) is 0 Å². The Morgan fingerprint density at radius 2 is 2.09 bits per heavy atom. The Hall–Kier alpha value is -2.04. The molecule has 1 amide bonds. The molecule has 0 saturated carbocycles. The van der Waals surface area contributed by atoms with Crippen LogP contribution in [-0.2, 0) is 0 Å². The Balaban J connectivity index is 1.81. The van der Waals surface area contributed by atoms with Crippen LogP contribution in [0, 0.1) is 27.7 Å². The van der Waals surface area contributed by atoms with Crippen LogP contribution < -0.4 is 0 Å². The summed E-state index contributed by atoms with van der Waals surface area (Å²) >= 11 is 0. The van der Waals surface area contributed by atoms with E-state index in [9.17, 15) is 4.79 Å². The molecular weight excluding hydrogens is 278 g/mol. The number of piperidine rings is 1. The van der Waals surface area contributed by atoms with Gasteiger partial charge < -0.3 is 9.32 Å². The number of hydrogen-bond donors (Lipinski definition) is 1. The topological polar surface area (TPSA) is 62.1 Å². The predicted octanol–water partition coefficient (Wildman–Crippen LogP) is 3.26. The van der Waals surface area contributed by atoms with E-state index >= 15 is 0 Å². The smallest absolute Gasteiger partial charge is 0.257 e. The van der Waals surface area contributed by atoms with Gasteiger partial charge in [-0.25, -0.2) is 0 Å². The molecule has 1 atom stereocenters. The largest absolute Gasteiger partial charge is 0.466 e. The number of aromatic amines is 1. The Morgan fingerprint density at radius 1 is 1.32 bits per heavy atom. The summed E-state index contributed by atoms with van der Waals surface area (Å²) < 4.78 is 5.61. The molecule has 1 N–H and O–H groups in total. The van der Waals surface area contributed by atoms with Crippen LogP contribution in [-0.4, -0.2) is 34.1 Å². The molecule has 1 unspecified atom stereocenters. The molecule has 2 aromatic rings. The van der Waals surface area contributed by atoms with Gasteiger partial charge in [0.05, 0.1) is 11.3 Å². The fourth-order valence-electron chi connectivity index (χ4n) is 3.32. The quantitative estimate of drug-likeness (QED) is 0.926. The van der Waals surface area contributed by atoms with Crippen molar-refractivity contribution in [1.82, 2.24) is 15.1 Å². The molecule has 2 aromatic heterocycles. The number of carbonyl (C=O) groups is 1. The molecular formula is C17H23N3O2. The summed E-state index contributed by atoms with van der Waals surface area (Å²) in [5, 5.41) is 7.36. The molecule has 1 aliphatic rings. The first-order valence-electron chi connectivity index (χ1n) is 7.85. The summed E-state index contributed by atoms with van der Waals surface area (Å²) in [4.78, 5) is 14.8. The van der Waals surface area contributed by atoms with Gasteiger partial charge in [0.15, 0.2) is 0 Å². The Kier molecular flexibility index (Phi) is 3.81. The lowest BCUT2D eigenvalue weighted by Gasteiger charge is -2.32. The molecule has 0 radical (unpaired) electrons. The SMILES string of the molecule is Cc1cc(C2CCCN(C(=O)c3c(C)oc(C)c3C)C2)n[nH]1. The van der Waals surface area contributed by atoms with Crippen LogP contribution >= 0.6 is 0 Å². The predicted molar refractivity (Wildman–Crippen MR) is 84.1 cm³/mol. The zero-order chi connectivity index (χ0) is 15.9. The summed E-state index contributed by atoms with van der Waals surface area (Å²) in [6.07, 6.45) is 2.09. The van der Waals surface area contributed by atoms with Crippen molar-refractivity contribution in [2.24, 2.45) is 0 Å². The van der Waals surface area contributed by atoms with Crippen molar-refractivity contribution in [3.8, 4) is 0 Å². The molecule has 118 valence electrons. The maximum absolute atomic E-state index is 12.9. The van der Waals surface area contributed by atoms with Crippen LogP contribution in [0.5, 0.6) is 0 Å². The minimum absolute atomic E-state index is 0.0869. The molecule has 3 heterocycles. The lowest BCUT2D eigenvalue weighted by atomic mass is 9.94. The first-order chi connectivity index (χ1) is 10.5. The van der Waals surface area contributed by atoms with Crippen LogP contribution in [0.15, 0.2) is 10.5 Å². The third-order valence-corrected chi connectivity index (χ3v) is 4.63. The Bertz CT molecular complexity index is 699. The Morgan fingerprint density at radius 3 is 2.68 bits per heavy atom. The average Bonchev–Trinajstić information content (AvgIpc) is 3.03. The van der Waals surface area contributed by atoms with E-state index in [-0.39, 0.29) is 5.91 Å². The summed E-state index contributed by atoms with van der Waals surface area (Å²) in [5.41, 5.74) is 3.82. The van der Waals surface area contributed by atoms with E-state index in [1.54, 1.807) is 0 Å². The van der Waals surface area contributed by atoms with Crippen LogP contribution in [0.1, 0.15) is 57.6 Å². The minimum atomic E-state index is 0.0869. The van der Waals surface area contributed by atoms with Crippen LogP contribution in [0.2, 0.25) is 0 Å². The van der Waals surface area contributed by atoms with Gasteiger partial charge in [0.1, 0.15) is 11.5 Å². The van der Waals surface area contributed by atoms with E-state index in [1.807, 2.05) is 32.6 Å². The molecule has 5 heteroatoms. The van der Waals surface area contributed by atoms with Crippen molar-refractivity contribution in [1.29, 1.82) is 0 Å². The van der Waals surface area contributed by atoms with Crippen LogP contribution in [0.25, 0.3) is 0 Å². The number of carbonyl (C=O) groups excluding carboxylic acids is 1. The number of likely N-dealkylation sites (tertiary alicyclic amines) is 1. The molecule has 0 bridgehead atoms. The van der Waals surface area contributed by atoms with Crippen LogP contribution in [0.4, 0.5) is 0 Å². The molecule has 22 heavy (non-hydrogen) atoms. The zero-order valence-corrected chi connectivity index (χ0v) is 13.7. The highest BCUT2D eigenvalue weighted by Crippen LogP contribution is 2.29. The number of rotatable bonds is 2. The lowest BCUT2D eigenvalue weighted by Crippen LogP contribution is -2.39. The molecule has 0 spiro atoms. The number of nitrogens with zero attached hydrogens (tertiary/aromatic N) is 2. The maximum Gasteiger partial charge on any atom is 0.257 e. The van der Waals surface area contributed by atoms with E-state index in [0.29, 0.717) is 5.92 Å². The summed E-state index contributed by atoms with van der Waals surface area (Å²) in [5.74, 6) is 1.95. The minimum Gasteiger partial charge on any atom is -0.466 e. The van der Waals surface area contributed by atoms with E-state index in [2.05, 4.69) is 16.3 Å². The number of H-pyrrole nitrogens is 1. The third kappa shape index (κ3) is 2.56. The first kappa shape index (κ1) is 14.9. The molecule has 0 aromatic carbocycles. The van der Waals surface area contributed by atoms with Gasteiger partial charge in [0, 0.05) is 30.3 Å². The van der Waals surface area contributed by atoms with Gasteiger partial charge in [-0.15, -0.1) is 0 Å². The molecule has 5 nitrogen and oxygen atoms in total. The highest BCUT2D eigenvalue weighted by atomic mass is 16.3. The second kappa shape index (κ2) is 5.63. The van der Waals surface area contributed by atoms with Crippen molar-refractivity contribution in [2.45, 2.75) is 46.5 Å². The number of aryl methyl sites for hydroxylation is 3. The van der Waals surface area contributed by atoms with E-state index in [1.165, 1.54) is 0 Å². The van der Waals surface area contributed by atoms with Gasteiger partial charge in [-0.1, -0.05) is 0 Å². The van der Waals surface area contributed by atoms with E-state index in [0.717, 1.165) is 60.0 Å². The van der Waals surface area contributed by atoms with Gasteiger partial charge in [-0.2, -0.15) is 5.10 Å². The maximum atomic E-state index is 12.9. The second-order valence-electron chi connectivity index (χ2n) is 6.28. The monoisotopic (exact) mass is 301 g/mol. The van der Waals surface area contributed by atoms with Gasteiger partial charge in [0.25, 0.3) is 5.91 Å². The lowest BCUT2D eigenvalue weighted by molar-refractivity contribution is 0.0703. The normalized spacial score (nSPS) is 18.7. The number of nitrogens with one attached hydrogen (secondary N) is 1. The van der Waals surface area contributed by atoms with Crippen molar-refractivity contribution in [2.75, 3.05) is 13.1 Å². The van der Waals surface area contributed by atoms with Gasteiger partial charge >= 0.3 is 0 Å². The highest BCUT2D eigenvalue weighted by Gasteiger charge is 2.29. The number of furan rings is 1. The number of hydrogen-bond acceptors (Lipinski definition) is 3. The molecule has 1 fully saturated rings. The summed E-state index contributed by atoms with van der Waals surface area (Å²) in [6, 6.07) is 2.08. The fraction of sp³-hybridized carbons (Fsp3) is 0.529. The second-order valence-corrected chi connectivity index (χ2v) is 6.28. The number of aromatic nitrogens is 2. The Labute approximate surface area is 130 Å². The van der Waals surface area contributed by atoms with Crippen molar-refractivity contribution >= 4 is 5.91 Å². The number of amides is 1. The van der Waals surface area contributed by atoms with Crippen molar-refractivity contribution < 1.29 is 9.21 Å². The van der Waals surface area contributed by atoms with E-state index in [4.69, 9.17) is 4.42 Å². The highest BCUT2D eigenvalue weighted by molar-refractivity contribution is 5.97. The van der Waals surface area contributed by atoms with Crippen molar-refractivity contribution in [3.63, 3.8) is 0 Å². The standard InChI is InChI=1S/C17H23N3O2/c1-10-8-15(19-18-10)14-6-5-7-20(9-14)17(21)16-11(2)12(3)22-13(16)4/h8,14H,5-7,9H2,1-4H3,(H,18,19). The summed E-state index contributed by atoms with van der Waals surface area (Å²) in [6.45, 7) is 9.27. The molecule has 1 saturated heterocycles. The third-order valence-electron chi connectivity index (χ3n) is 4.63.